The second-order valence-electron chi connectivity index (χ2n) is 5.45. The average Bonchev–Trinajstić information content (AvgIpc) is 2.24. The van der Waals surface area contributed by atoms with E-state index < -0.39 is 0 Å². The molecule has 0 saturated carbocycles. The summed E-state index contributed by atoms with van der Waals surface area (Å²) in [6.07, 6.45) is 10.9. The van der Waals surface area contributed by atoms with Crippen LogP contribution in [-0.4, -0.2) is 0 Å². The minimum absolute atomic E-state index is 0.936. The number of hydrogen-bond donors (Lipinski definition) is 0. The molecule has 1 unspecified atom stereocenters. The van der Waals surface area contributed by atoms with E-state index in [1.807, 2.05) is 0 Å². The van der Waals surface area contributed by atoms with Crippen molar-refractivity contribution < 1.29 is 0 Å². The Kier molecular flexibility index (Phi) is 9.77. The molecule has 0 saturated heterocycles. The van der Waals surface area contributed by atoms with Gasteiger partial charge >= 0.3 is 0 Å². The molecule has 0 aromatic heterocycles. The lowest BCUT2D eigenvalue weighted by atomic mass is 9.96. The maximum absolute atomic E-state index is 2.40. The number of allylic oxidation sites excluding steroid dienone is 2. The summed E-state index contributed by atoms with van der Waals surface area (Å²) in [6.45, 7) is 11.6. The van der Waals surface area contributed by atoms with Crippen molar-refractivity contribution in [1.29, 1.82) is 0 Å². The smallest absolute Gasteiger partial charge is 0.0320 e. The van der Waals surface area contributed by atoms with Crippen molar-refractivity contribution >= 4 is 0 Å². The summed E-state index contributed by atoms with van der Waals surface area (Å²) in [5.41, 5.74) is 3.27. The molecule has 0 aromatic rings. The first-order valence-electron chi connectivity index (χ1n) is 7.27. The van der Waals surface area contributed by atoms with Gasteiger partial charge in [0.15, 0.2) is 0 Å². The van der Waals surface area contributed by atoms with E-state index in [2.05, 4.69) is 34.6 Å². The normalized spacial score (nSPS) is 14.8. The summed E-state index contributed by atoms with van der Waals surface area (Å²) in [4.78, 5) is 0. The predicted molar refractivity (Wildman–Crippen MR) is 75.8 cm³/mol. The first-order chi connectivity index (χ1) is 7.61. The molecule has 0 nitrogen and oxygen atoms in total. The van der Waals surface area contributed by atoms with Crippen molar-refractivity contribution in [3.63, 3.8) is 0 Å². The summed E-state index contributed by atoms with van der Waals surface area (Å²) >= 11 is 0. The summed E-state index contributed by atoms with van der Waals surface area (Å²) in [6, 6.07) is 0. The fraction of sp³-hybridized carbons (Fsp3) is 0.875. The highest BCUT2D eigenvalue weighted by Gasteiger charge is 2.01. The molecule has 0 N–H and O–H groups in total. The first-order valence-corrected chi connectivity index (χ1v) is 7.27. The second kappa shape index (κ2) is 9.93. The van der Waals surface area contributed by atoms with Crippen LogP contribution in [0.5, 0.6) is 0 Å². The van der Waals surface area contributed by atoms with Gasteiger partial charge < -0.3 is 0 Å². The van der Waals surface area contributed by atoms with Crippen LogP contribution < -0.4 is 0 Å². The minimum atomic E-state index is 0.936. The van der Waals surface area contributed by atoms with Crippen molar-refractivity contribution in [3.05, 3.63) is 11.1 Å². The molecule has 0 aliphatic carbocycles. The fourth-order valence-corrected chi connectivity index (χ4v) is 2.32. The van der Waals surface area contributed by atoms with Crippen LogP contribution in [0.2, 0.25) is 0 Å². The second-order valence-corrected chi connectivity index (χ2v) is 5.45. The van der Waals surface area contributed by atoms with Crippen molar-refractivity contribution in [3.8, 4) is 0 Å². The van der Waals surface area contributed by atoms with Crippen molar-refractivity contribution in [1.82, 2.24) is 0 Å². The van der Waals surface area contributed by atoms with Gasteiger partial charge in [-0.2, -0.15) is 0 Å². The SMILES string of the molecule is CCCC(C)=C(C)CCCCC(C)CCC. The van der Waals surface area contributed by atoms with Crippen LogP contribution in [0.15, 0.2) is 11.1 Å². The summed E-state index contributed by atoms with van der Waals surface area (Å²) < 4.78 is 0. The van der Waals surface area contributed by atoms with E-state index in [9.17, 15) is 0 Å². The summed E-state index contributed by atoms with van der Waals surface area (Å²) in [5.74, 6) is 0.936. The zero-order chi connectivity index (χ0) is 12.4. The molecule has 0 fully saturated rings. The Morgan fingerprint density at radius 2 is 1.44 bits per heavy atom. The third-order valence-corrected chi connectivity index (χ3v) is 3.63. The molecule has 0 heteroatoms. The molecule has 1 atom stereocenters. The number of hydrogen-bond acceptors (Lipinski definition) is 0. The molecule has 0 bridgehead atoms. The number of unbranched alkanes of at least 4 members (excludes halogenated alkanes) is 1. The third kappa shape index (κ3) is 7.96. The Morgan fingerprint density at radius 1 is 0.812 bits per heavy atom. The van der Waals surface area contributed by atoms with E-state index in [0.29, 0.717) is 0 Å². The highest BCUT2D eigenvalue weighted by Crippen LogP contribution is 2.19. The van der Waals surface area contributed by atoms with Gasteiger partial charge in [-0.05, 0) is 39.0 Å². The molecule has 16 heavy (non-hydrogen) atoms. The molecule has 0 amide bonds. The molecular weight excluding hydrogens is 192 g/mol. The van der Waals surface area contributed by atoms with E-state index in [-0.39, 0.29) is 0 Å². The van der Waals surface area contributed by atoms with E-state index in [1.54, 1.807) is 11.1 Å². The molecule has 0 heterocycles. The Hall–Kier alpha value is -0.260. The molecular formula is C16H32. The molecule has 0 rings (SSSR count). The van der Waals surface area contributed by atoms with Gasteiger partial charge in [-0.15, -0.1) is 0 Å². The minimum Gasteiger partial charge on any atom is -0.0744 e. The molecule has 0 spiro atoms. The Balaban J connectivity index is 3.61. The molecule has 0 aliphatic rings. The van der Waals surface area contributed by atoms with E-state index in [1.165, 1.54) is 51.4 Å². The Bertz CT molecular complexity index is 188. The first kappa shape index (κ1) is 15.7. The molecule has 0 radical (unpaired) electrons. The zero-order valence-corrected chi connectivity index (χ0v) is 12.2. The standard InChI is InChI=1S/C16H32/c1-6-10-14(3)12-8-9-13-16(5)15(4)11-7-2/h14H,6-13H2,1-5H3. The van der Waals surface area contributed by atoms with Gasteiger partial charge in [0.1, 0.15) is 0 Å². The van der Waals surface area contributed by atoms with Gasteiger partial charge in [0.25, 0.3) is 0 Å². The van der Waals surface area contributed by atoms with Crippen LogP contribution in [0.4, 0.5) is 0 Å². The van der Waals surface area contributed by atoms with Gasteiger partial charge in [0.05, 0.1) is 0 Å². The van der Waals surface area contributed by atoms with E-state index >= 15 is 0 Å². The molecule has 96 valence electrons. The Morgan fingerprint density at radius 3 is 2.00 bits per heavy atom. The fourth-order valence-electron chi connectivity index (χ4n) is 2.32. The summed E-state index contributed by atoms with van der Waals surface area (Å²) in [5, 5.41) is 0. The molecule has 0 aromatic carbocycles. The van der Waals surface area contributed by atoms with Crippen LogP contribution in [-0.2, 0) is 0 Å². The van der Waals surface area contributed by atoms with Gasteiger partial charge in [-0.3, -0.25) is 0 Å². The lowest BCUT2D eigenvalue weighted by Crippen LogP contribution is -1.94. The van der Waals surface area contributed by atoms with Gasteiger partial charge in [0, 0.05) is 0 Å². The maximum atomic E-state index is 2.40. The quantitative estimate of drug-likeness (QED) is 0.327. The highest BCUT2D eigenvalue weighted by molar-refractivity contribution is 5.09. The number of rotatable bonds is 9. The molecule has 0 aliphatic heterocycles. The topological polar surface area (TPSA) is 0 Å². The average molecular weight is 224 g/mol. The van der Waals surface area contributed by atoms with Gasteiger partial charge in [-0.25, -0.2) is 0 Å². The lowest BCUT2D eigenvalue weighted by molar-refractivity contribution is 0.460. The lowest BCUT2D eigenvalue weighted by Gasteiger charge is -2.10. The largest absolute Gasteiger partial charge is 0.0744 e. The van der Waals surface area contributed by atoms with Crippen molar-refractivity contribution in [2.75, 3.05) is 0 Å². The van der Waals surface area contributed by atoms with Crippen LogP contribution in [0.25, 0.3) is 0 Å². The van der Waals surface area contributed by atoms with Crippen molar-refractivity contribution in [2.45, 2.75) is 86.0 Å². The van der Waals surface area contributed by atoms with Crippen LogP contribution >= 0.6 is 0 Å². The summed E-state index contributed by atoms with van der Waals surface area (Å²) in [7, 11) is 0. The maximum Gasteiger partial charge on any atom is -0.0320 e. The zero-order valence-electron chi connectivity index (χ0n) is 12.2. The van der Waals surface area contributed by atoms with Crippen LogP contribution in [0.3, 0.4) is 0 Å². The third-order valence-electron chi connectivity index (χ3n) is 3.63. The van der Waals surface area contributed by atoms with E-state index in [0.717, 1.165) is 5.92 Å². The van der Waals surface area contributed by atoms with Crippen LogP contribution in [0.1, 0.15) is 86.0 Å². The van der Waals surface area contributed by atoms with Gasteiger partial charge in [0.2, 0.25) is 0 Å². The Labute approximate surface area is 104 Å². The van der Waals surface area contributed by atoms with Crippen molar-refractivity contribution in [2.24, 2.45) is 5.92 Å². The monoisotopic (exact) mass is 224 g/mol. The highest BCUT2D eigenvalue weighted by atomic mass is 14.1. The van der Waals surface area contributed by atoms with Gasteiger partial charge in [-0.1, -0.05) is 64.0 Å². The van der Waals surface area contributed by atoms with E-state index in [4.69, 9.17) is 0 Å². The predicted octanol–water partition coefficient (Wildman–Crippen LogP) is 6.12. The van der Waals surface area contributed by atoms with Crippen LogP contribution in [0, 0.1) is 5.92 Å².